The summed E-state index contributed by atoms with van der Waals surface area (Å²) in [5, 5.41) is 0. The molecule has 0 aliphatic carbocycles. The first-order valence-electron chi connectivity index (χ1n) is 7.87. The Labute approximate surface area is 164 Å². The zero-order chi connectivity index (χ0) is 17.8. The van der Waals surface area contributed by atoms with Gasteiger partial charge in [0.2, 0.25) is 0 Å². The van der Waals surface area contributed by atoms with Crippen LogP contribution in [0, 0.1) is 0 Å². The zero-order valence-electron chi connectivity index (χ0n) is 13.6. The zero-order valence-corrected chi connectivity index (χ0v) is 15.7. The monoisotopic (exact) mass is 452 g/mol. The molecular weight excluding hydrogens is 439 g/mol. The highest BCUT2D eigenvalue weighted by atomic mass is 127. The van der Waals surface area contributed by atoms with E-state index in [1.807, 2.05) is 42.5 Å². The third-order valence-electron chi connectivity index (χ3n) is 3.76. The fraction of sp³-hybridized carbons (Fsp3) is 0. The Hall–Kier alpha value is -2.94. The van der Waals surface area contributed by atoms with Crippen molar-refractivity contribution in [1.29, 1.82) is 0 Å². The average Bonchev–Trinajstić information content (AvgIpc) is 2.75. The van der Waals surface area contributed by atoms with Crippen molar-refractivity contribution in [3.8, 4) is 22.8 Å². The summed E-state index contributed by atoms with van der Waals surface area (Å²) in [4.78, 5) is 20.7. The molecule has 0 saturated carbocycles. The molecule has 0 atom stereocenters. The third-order valence-corrected chi connectivity index (χ3v) is 4.88. The molecular formula is C19H13IN6. The molecule has 2 aromatic heterocycles. The molecule has 126 valence electrons. The van der Waals surface area contributed by atoms with Gasteiger partial charge in [0, 0.05) is 23.5 Å². The first-order valence-corrected chi connectivity index (χ1v) is 8.83. The SMILES string of the molecule is IN(c1ccc(-c2ncccn2)cc1)c1ccc(-c2ncncn2)cc1. The summed E-state index contributed by atoms with van der Waals surface area (Å²) < 4.78 is 2.09. The largest absolute Gasteiger partial charge is 0.283 e. The van der Waals surface area contributed by atoms with Crippen LogP contribution < -0.4 is 3.11 Å². The van der Waals surface area contributed by atoms with Crippen LogP contribution in [0.25, 0.3) is 22.8 Å². The molecule has 26 heavy (non-hydrogen) atoms. The van der Waals surface area contributed by atoms with Crippen molar-refractivity contribution in [1.82, 2.24) is 24.9 Å². The van der Waals surface area contributed by atoms with Crippen LogP contribution in [-0.2, 0) is 0 Å². The second kappa shape index (κ2) is 7.52. The number of rotatable bonds is 4. The van der Waals surface area contributed by atoms with E-state index in [2.05, 4.69) is 63.0 Å². The molecule has 0 bridgehead atoms. The molecule has 4 aromatic rings. The molecule has 2 aromatic carbocycles. The Bertz CT molecular complexity index is 893. The minimum atomic E-state index is 0.666. The van der Waals surface area contributed by atoms with Gasteiger partial charge in [-0.25, -0.2) is 24.9 Å². The van der Waals surface area contributed by atoms with E-state index in [4.69, 9.17) is 0 Å². The summed E-state index contributed by atoms with van der Waals surface area (Å²) in [7, 11) is 0. The van der Waals surface area contributed by atoms with Crippen molar-refractivity contribution < 1.29 is 0 Å². The number of benzene rings is 2. The van der Waals surface area contributed by atoms with Gasteiger partial charge in [-0.15, -0.1) is 0 Å². The van der Waals surface area contributed by atoms with Crippen molar-refractivity contribution >= 4 is 34.2 Å². The standard InChI is InChI=1S/C19H13IN6/c20-26(16-6-2-14(3-7-16)18-22-10-1-11-23-18)17-8-4-15(5-9-17)19-24-12-21-13-25-19/h1-13H. The van der Waals surface area contributed by atoms with Crippen LogP contribution in [0.2, 0.25) is 0 Å². The maximum atomic E-state index is 4.28. The molecule has 2 heterocycles. The Morgan fingerprint density at radius 1 is 0.615 bits per heavy atom. The second-order valence-electron chi connectivity index (χ2n) is 5.41. The van der Waals surface area contributed by atoms with Gasteiger partial charge < -0.3 is 0 Å². The summed E-state index contributed by atoms with van der Waals surface area (Å²) in [5.41, 5.74) is 4.08. The van der Waals surface area contributed by atoms with Crippen LogP contribution in [0.15, 0.2) is 79.6 Å². The van der Waals surface area contributed by atoms with E-state index in [1.165, 1.54) is 12.7 Å². The maximum Gasteiger partial charge on any atom is 0.162 e. The Morgan fingerprint density at radius 3 is 1.58 bits per heavy atom. The van der Waals surface area contributed by atoms with E-state index in [9.17, 15) is 0 Å². The second-order valence-corrected chi connectivity index (χ2v) is 6.37. The number of aromatic nitrogens is 5. The maximum absolute atomic E-state index is 4.28. The van der Waals surface area contributed by atoms with E-state index in [0.29, 0.717) is 5.82 Å². The van der Waals surface area contributed by atoms with Gasteiger partial charge in [0.15, 0.2) is 11.6 Å². The average molecular weight is 452 g/mol. The van der Waals surface area contributed by atoms with E-state index in [0.717, 1.165) is 28.3 Å². The highest BCUT2D eigenvalue weighted by Gasteiger charge is 2.08. The van der Waals surface area contributed by atoms with Gasteiger partial charge in [-0.1, -0.05) is 0 Å². The molecule has 0 radical (unpaired) electrons. The minimum absolute atomic E-state index is 0.666. The molecule has 6 nitrogen and oxygen atoms in total. The highest BCUT2D eigenvalue weighted by Crippen LogP contribution is 2.31. The minimum Gasteiger partial charge on any atom is -0.283 e. The van der Waals surface area contributed by atoms with Gasteiger partial charge in [-0.3, -0.25) is 3.11 Å². The van der Waals surface area contributed by atoms with E-state index in [1.54, 1.807) is 12.4 Å². The molecule has 0 fully saturated rings. The van der Waals surface area contributed by atoms with Crippen molar-refractivity contribution in [2.75, 3.05) is 3.11 Å². The number of anilines is 2. The normalized spacial score (nSPS) is 10.5. The fourth-order valence-electron chi connectivity index (χ4n) is 2.47. The van der Waals surface area contributed by atoms with Crippen molar-refractivity contribution in [2.45, 2.75) is 0 Å². The first kappa shape index (κ1) is 16.5. The molecule has 0 unspecified atom stereocenters. The van der Waals surface area contributed by atoms with Gasteiger partial charge in [0.1, 0.15) is 12.7 Å². The van der Waals surface area contributed by atoms with E-state index in [-0.39, 0.29) is 0 Å². The molecule has 0 aliphatic heterocycles. The van der Waals surface area contributed by atoms with Crippen LogP contribution in [0.1, 0.15) is 0 Å². The van der Waals surface area contributed by atoms with Crippen LogP contribution in [0.3, 0.4) is 0 Å². The summed E-state index contributed by atoms with van der Waals surface area (Å²) in [6.07, 6.45) is 6.49. The quantitative estimate of drug-likeness (QED) is 0.336. The summed E-state index contributed by atoms with van der Waals surface area (Å²) in [6, 6.07) is 18.1. The number of hydrogen-bond donors (Lipinski definition) is 0. The lowest BCUT2D eigenvalue weighted by Gasteiger charge is -2.17. The first-order chi connectivity index (χ1) is 12.8. The lowest BCUT2D eigenvalue weighted by molar-refractivity contribution is 1.06. The number of halogens is 1. The van der Waals surface area contributed by atoms with Gasteiger partial charge in [-0.05, 0) is 54.6 Å². The van der Waals surface area contributed by atoms with Crippen LogP contribution in [0.4, 0.5) is 11.4 Å². The van der Waals surface area contributed by atoms with Crippen LogP contribution in [0.5, 0.6) is 0 Å². The smallest absolute Gasteiger partial charge is 0.162 e. The Kier molecular flexibility index (Phi) is 4.78. The van der Waals surface area contributed by atoms with Crippen LogP contribution >= 0.6 is 22.9 Å². The molecule has 7 heteroatoms. The van der Waals surface area contributed by atoms with Crippen molar-refractivity contribution in [3.05, 3.63) is 79.6 Å². The molecule has 0 saturated heterocycles. The predicted octanol–water partition coefficient (Wildman–Crippen LogP) is 4.48. The molecule has 4 rings (SSSR count). The van der Waals surface area contributed by atoms with Gasteiger partial charge in [0.25, 0.3) is 0 Å². The number of nitrogens with zero attached hydrogens (tertiary/aromatic N) is 6. The predicted molar refractivity (Wildman–Crippen MR) is 109 cm³/mol. The van der Waals surface area contributed by atoms with Crippen molar-refractivity contribution in [3.63, 3.8) is 0 Å². The molecule has 0 N–H and O–H groups in total. The van der Waals surface area contributed by atoms with Gasteiger partial charge >= 0.3 is 0 Å². The molecule has 0 aliphatic rings. The van der Waals surface area contributed by atoms with Gasteiger partial charge in [-0.2, -0.15) is 0 Å². The summed E-state index contributed by atoms with van der Waals surface area (Å²) >= 11 is 2.29. The van der Waals surface area contributed by atoms with Crippen LogP contribution in [-0.4, -0.2) is 24.9 Å². The summed E-state index contributed by atoms with van der Waals surface area (Å²) in [5.74, 6) is 1.39. The Morgan fingerprint density at radius 2 is 1.08 bits per heavy atom. The number of hydrogen-bond acceptors (Lipinski definition) is 6. The van der Waals surface area contributed by atoms with Gasteiger partial charge in [0.05, 0.1) is 34.2 Å². The fourth-order valence-corrected chi connectivity index (χ4v) is 3.11. The summed E-state index contributed by atoms with van der Waals surface area (Å²) in [6.45, 7) is 0. The van der Waals surface area contributed by atoms with E-state index < -0.39 is 0 Å². The lowest BCUT2D eigenvalue weighted by atomic mass is 10.1. The highest BCUT2D eigenvalue weighted by molar-refractivity contribution is 14.1. The Balaban J connectivity index is 1.55. The third kappa shape index (κ3) is 3.52. The van der Waals surface area contributed by atoms with E-state index >= 15 is 0 Å². The topological polar surface area (TPSA) is 67.7 Å². The molecule has 0 amide bonds. The molecule has 0 spiro atoms. The van der Waals surface area contributed by atoms with Crippen molar-refractivity contribution in [2.24, 2.45) is 0 Å². The lowest BCUT2D eigenvalue weighted by Crippen LogP contribution is -2.00.